The average Bonchev–Trinajstić information content (AvgIpc) is 2.67. The maximum absolute atomic E-state index is 13.3. The van der Waals surface area contributed by atoms with Crippen LogP contribution in [0.2, 0.25) is 0 Å². The number of carbonyl (C=O) groups excluding carboxylic acids is 1. The number of anilines is 3. The van der Waals surface area contributed by atoms with Crippen molar-refractivity contribution in [3.05, 3.63) is 72.2 Å². The van der Waals surface area contributed by atoms with Gasteiger partial charge in [-0.2, -0.15) is 0 Å². The highest BCUT2D eigenvalue weighted by Gasteiger charge is 2.12. The highest BCUT2D eigenvalue weighted by molar-refractivity contribution is 6.03. The van der Waals surface area contributed by atoms with Gasteiger partial charge in [0.2, 0.25) is 0 Å². The molecule has 0 aliphatic carbocycles. The molecular formula is C19H16F2N4O2. The molecule has 0 fully saturated rings. The van der Waals surface area contributed by atoms with Gasteiger partial charge in [-0.3, -0.25) is 4.79 Å². The zero-order chi connectivity index (χ0) is 19.2. The largest absolute Gasteiger partial charge is 0.492 e. The summed E-state index contributed by atoms with van der Waals surface area (Å²) in [6, 6.07) is 11.8. The molecule has 0 aliphatic rings. The van der Waals surface area contributed by atoms with E-state index in [1.54, 1.807) is 0 Å². The maximum Gasteiger partial charge on any atom is 0.274 e. The Morgan fingerprint density at radius 2 is 1.89 bits per heavy atom. The summed E-state index contributed by atoms with van der Waals surface area (Å²) in [6.07, 6.45) is 1.23. The Kier molecular flexibility index (Phi) is 5.55. The molecule has 0 radical (unpaired) electrons. The standard InChI is InChI=1S/C19H16F2N4O2/c1-2-27-17-6-4-3-5-15(17)25-18-10-16(22-11-23-18)19(26)24-12-7-8-13(20)14(21)9-12/h3-11H,2H2,1H3,(H,24,26)(H,22,23,25). The number of amides is 1. The van der Waals surface area contributed by atoms with Crippen LogP contribution in [0.15, 0.2) is 54.9 Å². The fraction of sp³-hybridized carbons (Fsp3) is 0.105. The summed E-state index contributed by atoms with van der Waals surface area (Å²) in [7, 11) is 0. The molecule has 1 aromatic heterocycles. The van der Waals surface area contributed by atoms with Crippen LogP contribution in [0, 0.1) is 11.6 Å². The van der Waals surface area contributed by atoms with Gasteiger partial charge in [0.1, 0.15) is 23.6 Å². The second-order valence-electron chi connectivity index (χ2n) is 5.43. The van der Waals surface area contributed by atoms with Crippen molar-refractivity contribution < 1.29 is 18.3 Å². The topological polar surface area (TPSA) is 76.1 Å². The summed E-state index contributed by atoms with van der Waals surface area (Å²) < 4.78 is 31.8. The third-order valence-corrected chi connectivity index (χ3v) is 3.53. The van der Waals surface area contributed by atoms with Crippen molar-refractivity contribution in [2.75, 3.05) is 17.2 Å². The summed E-state index contributed by atoms with van der Waals surface area (Å²) in [6.45, 7) is 2.38. The molecular weight excluding hydrogens is 354 g/mol. The molecule has 3 rings (SSSR count). The molecule has 2 aromatic carbocycles. The van der Waals surface area contributed by atoms with E-state index in [0.717, 1.165) is 12.1 Å². The normalized spacial score (nSPS) is 10.3. The minimum Gasteiger partial charge on any atom is -0.492 e. The predicted octanol–water partition coefficient (Wildman–Crippen LogP) is 4.15. The Balaban J connectivity index is 1.77. The molecule has 0 saturated heterocycles. The number of ether oxygens (including phenoxy) is 1. The van der Waals surface area contributed by atoms with E-state index in [1.165, 1.54) is 18.5 Å². The van der Waals surface area contributed by atoms with Crippen LogP contribution >= 0.6 is 0 Å². The highest BCUT2D eigenvalue weighted by Crippen LogP contribution is 2.26. The molecule has 1 heterocycles. The summed E-state index contributed by atoms with van der Waals surface area (Å²) >= 11 is 0. The number of aromatic nitrogens is 2. The van der Waals surface area contributed by atoms with Gasteiger partial charge >= 0.3 is 0 Å². The Hall–Kier alpha value is -3.55. The molecule has 0 bridgehead atoms. The first kappa shape index (κ1) is 18.2. The minimum atomic E-state index is -1.05. The van der Waals surface area contributed by atoms with Crippen molar-refractivity contribution >= 4 is 23.1 Å². The number of rotatable bonds is 6. The van der Waals surface area contributed by atoms with Crippen LogP contribution in [0.1, 0.15) is 17.4 Å². The van der Waals surface area contributed by atoms with Crippen molar-refractivity contribution in [2.45, 2.75) is 6.92 Å². The molecule has 0 unspecified atom stereocenters. The number of nitrogens with zero attached hydrogens (tertiary/aromatic N) is 2. The van der Waals surface area contributed by atoms with Gasteiger partial charge in [0.15, 0.2) is 11.6 Å². The second kappa shape index (κ2) is 8.22. The first-order valence-corrected chi connectivity index (χ1v) is 8.14. The molecule has 138 valence electrons. The first-order chi connectivity index (χ1) is 13.1. The number of hydrogen-bond acceptors (Lipinski definition) is 5. The van der Waals surface area contributed by atoms with Gasteiger partial charge in [0, 0.05) is 17.8 Å². The molecule has 6 nitrogen and oxygen atoms in total. The number of halogens is 2. The molecule has 0 aliphatic heterocycles. The number of carbonyl (C=O) groups is 1. The molecule has 0 spiro atoms. The van der Waals surface area contributed by atoms with E-state index in [-0.39, 0.29) is 11.4 Å². The van der Waals surface area contributed by atoms with Crippen LogP contribution in [0.3, 0.4) is 0 Å². The predicted molar refractivity (Wildman–Crippen MR) is 97.2 cm³/mol. The lowest BCUT2D eigenvalue weighted by Gasteiger charge is -2.12. The Bertz CT molecular complexity index is 966. The monoisotopic (exact) mass is 370 g/mol. The van der Waals surface area contributed by atoms with E-state index in [4.69, 9.17) is 4.74 Å². The van der Waals surface area contributed by atoms with E-state index >= 15 is 0 Å². The van der Waals surface area contributed by atoms with Crippen molar-refractivity contribution in [1.29, 1.82) is 0 Å². The lowest BCUT2D eigenvalue weighted by Crippen LogP contribution is -2.14. The van der Waals surface area contributed by atoms with Gasteiger partial charge in [-0.05, 0) is 31.2 Å². The van der Waals surface area contributed by atoms with Gasteiger partial charge < -0.3 is 15.4 Å². The van der Waals surface area contributed by atoms with E-state index in [0.29, 0.717) is 23.9 Å². The van der Waals surface area contributed by atoms with Crippen molar-refractivity contribution in [3.8, 4) is 5.75 Å². The zero-order valence-corrected chi connectivity index (χ0v) is 14.4. The van der Waals surface area contributed by atoms with Crippen molar-refractivity contribution in [3.63, 3.8) is 0 Å². The molecule has 0 saturated carbocycles. The number of benzene rings is 2. The number of nitrogens with one attached hydrogen (secondary N) is 2. The SMILES string of the molecule is CCOc1ccccc1Nc1cc(C(=O)Nc2ccc(F)c(F)c2)ncn1. The van der Waals surface area contributed by atoms with Gasteiger partial charge in [0.05, 0.1) is 12.3 Å². The molecule has 3 aromatic rings. The fourth-order valence-corrected chi connectivity index (χ4v) is 2.31. The van der Waals surface area contributed by atoms with Gasteiger partial charge in [-0.15, -0.1) is 0 Å². The van der Waals surface area contributed by atoms with Crippen molar-refractivity contribution in [2.24, 2.45) is 0 Å². The van der Waals surface area contributed by atoms with Crippen LogP contribution in [0.4, 0.5) is 26.0 Å². The summed E-state index contributed by atoms with van der Waals surface area (Å²) in [5.74, 6) is -1.59. The summed E-state index contributed by atoms with van der Waals surface area (Å²) in [5, 5.41) is 5.53. The van der Waals surface area contributed by atoms with Gasteiger partial charge in [-0.1, -0.05) is 12.1 Å². The summed E-state index contributed by atoms with van der Waals surface area (Å²) in [4.78, 5) is 20.3. The lowest BCUT2D eigenvalue weighted by molar-refractivity contribution is 0.102. The quantitative estimate of drug-likeness (QED) is 0.682. The Morgan fingerprint density at radius 1 is 1.07 bits per heavy atom. The Labute approximate surface area is 154 Å². The van der Waals surface area contributed by atoms with Crippen molar-refractivity contribution in [1.82, 2.24) is 9.97 Å². The average molecular weight is 370 g/mol. The number of hydrogen-bond donors (Lipinski definition) is 2. The molecule has 2 N–H and O–H groups in total. The molecule has 0 atom stereocenters. The van der Waals surface area contributed by atoms with Crippen LogP contribution < -0.4 is 15.4 Å². The van der Waals surface area contributed by atoms with Crippen LogP contribution in [0.5, 0.6) is 5.75 Å². The van der Waals surface area contributed by atoms with E-state index < -0.39 is 17.5 Å². The van der Waals surface area contributed by atoms with Gasteiger partial charge in [-0.25, -0.2) is 18.7 Å². The fourth-order valence-electron chi connectivity index (χ4n) is 2.31. The van der Waals surface area contributed by atoms with Gasteiger partial charge in [0.25, 0.3) is 5.91 Å². The highest BCUT2D eigenvalue weighted by atomic mass is 19.2. The van der Waals surface area contributed by atoms with Crippen LogP contribution in [-0.4, -0.2) is 22.5 Å². The lowest BCUT2D eigenvalue weighted by atomic mass is 10.2. The number of para-hydroxylation sites is 2. The minimum absolute atomic E-state index is 0.0612. The van der Waals surface area contributed by atoms with Crippen LogP contribution in [-0.2, 0) is 0 Å². The maximum atomic E-state index is 13.3. The van der Waals surface area contributed by atoms with E-state index in [9.17, 15) is 13.6 Å². The molecule has 8 heteroatoms. The first-order valence-electron chi connectivity index (χ1n) is 8.14. The molecule has 1 amide bonds. The summed E-state index contributed by atoms with van der Waals surface area (Å²) in [5.41, 5.74) is 0.866. The van der Waals surface area contributed by atoms with E-state index in [1.807, 2.05) is 31.2 Å². The van der Waals surface area contributed by atoms with E-state index in [2.05, 4.69) is 20.6 Å². The second-order valence-corrected chi connectivity index (χ2v) is 5.43. The Morgan fingerprint density at radius 3 is 2.67 bits per heavy atom. The third-order valence-electron chi connectivity index (χ3n) is 3.53. The van der Waals surface area contributed by atoms with Crippen LogP contribution in [0.25, 0.3) is 0 Å². The zero-order valence-electron chi connectivity index (χ0n) is 14.4. The molecule has 27 heavy (non-hydrogen) atoms. The third kappa shape index (κ3) is 4.55. The smallest absolute Gasteiger partial charge is 0.274 e.